The lowest BCUT2D eigenvalue weighted by Gasteiger charge is -2.23. The molecule has 1 fully saturated rings. The predicted octanol–water partition coefficient (Wildman–Crippen LogP) is 1.68. The Morgan fingerprint density at radius 1 is 1.12 bits per heavy atom. The zero-order valence-corrected chi connectivity index (χ0v) is 5.68. The molecule has 0 aromatic carbocycles. The molecule has 2 unspecified atom stereocenters. The summed E-state index contributed by atoms with van der Waals surface area (Å²) >= 11 is 0. The van der Waals surface area contributed by atoms with E-state index in [0.29, 0.717) is 0 Å². The Kier molecular flexibility index (Phi) is 1.90. The molecule has 2 atom stereocenters. The van der Waals surface area contributed by atoms with Crippen LogP contribution in [0.25, 0.3) is 0 Å². The monoisotopic (exact) mass is 114 g/mol. The van der Waals surface area contributed by atoms with Crippen molar-refractivity contribution in [2.45, 2.75) is 20.3 Å². The standard InChI is InChI=1S/C7H14O/c1-6-3-7(2)5-8-4-6/h6-7H,3-5H2,1-2H3. The van der Waals surface area contributed by atoms with Crippen molar-refractivity contribution in [2.24, 2.45) is 11.8 Å². The van der Waals surface area contributed by atoms with E-state index in [1.807, 2.05) is 0 Å². The van der Waals surface area contributed by atoms with Crippen molar-refractivity contribution in [3.63, 3.8) is 0 Å². The van der Waals surface area contributed by atoms with Gasteiger partial charge in [0.05, 0.1) is 0 Å². The summed E-state index contributed by atoms with van der Waals surface area (Å²) in [6, 6.07) is 0. The molecule has 0 aromatic rings. The van der Waals surface area contributed by atoms with E-state index in [9.17, 15) is 0 Å². The van der Waals surface area contributed by atoms with Crippen LogP contribution in [-0.4, -0.2) is 13.2 Å². The Hall–Kier alpha value is -0.0400. The summed E-state index contributed by atoms with van der Waals surface area (Å²) in [6.45, 7) is 6.44. The summed E-state index contributed by atoms with van der Waals surface area (Å²) in [5.41, 5.74) is 0. The van der Waals surface area contributed by atoms with Crippen LogP contribution in [0.4, 0.5) is 0 Å². The van der Waals surface area contributed by atoms with Crippen LogP contribution < -0.4 is 0 Å². The quantitative estimate of drug-likeness (QED) is 0.465. The molecule has 0 saturated carbocycles. The highest BCUT2D eigenvalue weighted by molar-refractivity contribution is 4.62. The molecule has 0 N–H and O–H groups in total. The summed E-state index contributed by atoms with van der Waals surface area (Å²) in [4.78, 5) is 0. The number of hydrogen-bond acceptors (Lipinski definition) is 1. The van der Waals surface area contributed by atoms with E-state index in [1.54, 1.807) is 0 Å². The second-order valence-corrected chi connectivity index (χ2v) is 2.98. The Morgan fingerprint density at radius 3 is 1.88 bits per heavy atom. The van der Waals surface area contributed by atoms with E-state index >= 15 is 0 Å². The number of rotatable bonds is 0. The van der Waals surface area contributed by atoms with E-state index in [1.165, 1.54) is 6.42 Å². The first kappa shape index (κ1) is 6.09. The van der Waals surface area contributed by atoms with Crippen molar-refractivity contribution in [3.8, 4) is 0 Å². The molecule has 0 aliphatic carbocycles. The average molecular weight is 114 g/mol. The lowest BCUT2D eigenvalue weighted by Crippen LogP contribution is -2.21. The Labute approximate surface area is 51.0 Å². The molecule has 1 heteroatoms. The largest absolute Gasteiger partial charge is 0.381 e. The molecule has 48 valence electrons. The summed E-state index contributed by atoms with van der Waals surface area (Å²) in [7, 11) is 0. The first-order valence-corrected chi connectivity index (χ1v) is 3.37. The second-order valence-electron chi connectivity index (χ2n) is 2.98. The molecule has 1 saturated heterocycles. The first-order valence-electron chi connectivity index (χ1n) is 3.37. The Balaban J connectivity index is 2.23. The maximum absolute atomic E-state index is 5.29. The molecular weight excluding hydrogens is 100 g/mol. The molecular formula is C7H14O. The molecule has 0 aromatic heterocycles. The van der Waals surface area contributed by atoms with Crippen molar-refractivity contribution in [1.29, 1.82) is 0 Å². The van der Waals surface area contributed by atoms with Gasteiger partial charge in [0.1, 0.15) is 0 Å². The van der Waals surface area contributed by atoms with E-state index in [0.717, 1.165) is 25.0 Å². The van der Waals surface area contributed by atoms with Crippen LogP contribution in [0.5, 0.6) is 0 Å². The van der Waals surface area contributed by atoms with Gasteiger partial charge < -0.3 is 4.74 Å². The molecule has 0 radical (unpaired) electrons. The molecule has 0 bridgehead atoms. The smallest absolute Gasteiger partial charge is 0.0491 e. The van der Waals surface area contributed by atoms with Gasteiger partial charge in [-0.3, -0.25) is 0 Å². The Bertz CT molecular complexity index is 62.8. The normalized spacial score (nSPS) is 39.8. The summed E-state index contributed by atoms with van der Waals surface area (Å²) in [5, 5.41) is 0. The minimum atomic E-state index is 0.791. The maximum Gasteiger partial charge on any atom is 0.0491 e. The highest BCUT2D eigenvalue weighted by Gasteiger charge is 2.14. The number of hydrogen-bond donors (Lipinski definition) is 0. The van der Waals surface area contributed by atoms with Gasteiger partial charge in [0, 0.05) is 13.2 Å². The summed E-state index contributed by atoms with van der Waals surface area (Å²) in [6.07, 6.45) is 1.35. The lowest BCUT2D eigenvalue weighted by atomic mass is 9.96. The van der Waals surface area contributed by atoms with Gasteiger partial charge in [0.2, 0.25) is 0 Å². The molecule has 0 spiro atoms. The van der Waals surface area contributed by atoms with Crippen LogP contribution in [0.2, 0.25) is 0 Å². The van der Waals surface area contributed by atoms with Gasteiger partial charge in [-0.05, 0) is 18.3 Å². The predicted molar refractivity (Wildman–Crippen MR) is 33.8 cm³/mol. The minimum Gasteiger partial charge on any atom is -0.381 e. The molecule has 8 heavy (non-hydrogen) atoms. The maximum atomic E-state index is 5.29. The van der Waals surface area contributed by atoms with Crippen LogP contribution in [0.15, 0.2) is 0 Å². The van der Waals surface area contributed by atoms with Gasteiger partial charge in [0.15, 0.2) is 0 Å². The van der Waals surface area contributed by atoms with Crippen molar-refractivity contribution >= 4 is 0 Å². The van der Waals surface area contributed by atoms with Crippen LogP contribution in [0.1, 0.15) is 20.3 Å². The topological polar surface area (TPSA) is 9.23 Å². The second kappa shape index (κ2) is 2.49. The van der Waals surface area contributed by atoms with E-state index in [4.69, 9.17) is 4.74 Å². The average Bonchev–Trinajstić information content (AvgIpc) is 1.64. The first-order chi connectivity index (χ1) is 3.79. The molecule has 1 aliphatic rings. The lowest BCUT2D eigenvalue weighted by molar-refractivity contribution is 0.0274. The minimum absolute atomic E-state index is 0.791. The van der Waals surface area contributed by atoms with Crippen LogP contribution >= 0.6 is 0 Å². The highest BCUT2D eigenvalue weighted by Crippen LogP contribution is 2.17. The van der Waals surface area contributed by atoms with Crippen LogP contribution in [-0.2, 0) is 4.74 Å². The fourth-order valence-electron chi connectivity index (χ4n) is 1.29. The SMILES string of the molecule is CC1COCC(C)C1. The van der Waals surface area contributed by atoms with Crippen molar-refractivity contribution in [2.75, 3.05) is 13.2 Å². The highest BCUT2D eigenvalue weighted by atomic mass is 16.5. The van der Waals surface area contributed by atoms with Gasteiger partial charge in [0.25, 0.3) is 0 Å². The molecule has 1 heterocycles. The van der Waals surface area contributed by atoms with Gasteiger partial charge in [-0.25, -0.2) is 0 Å². The van der Waals surface area contributed by atoms with Gasteiger partial charge in [-0.1, -0.05) is 13.8 Å². The summed E-state index contributed by atoms with van der Waals surface area (Å²) in [5.74, 6) is 1.58. The Morgan fingerprint density at radius 2 is 1.62 bits per heavy atom. The zero-order valence-electron chi connectivity index (χ0n) is 5.68. The van der Waals surface area contributed by atoms with E-state index in [-0.39, 0.29) is 0 Å². The third kappa shape index (κ3) is 1.48. The molecule has 1 aliphatic heterocycles. The third-order valence-corrected chi connectivity index (χ3v) is 1.61. The number of ether oxygens (including phenoxy) is 1. The van der Waals surface area contributed by atoms with Gasteiger partial charge >= 0.3 is 0 Å². The summed E-state index contributed by atoms with van der Waals surface area (Å²) < 4.78 is 5.29. The molecule has 1 rings (SSSR count). The van der Waals surface area contributed by atoms with Crippen LogP contribution in [0, 0.1) is 11.8 Å². The third-order valence-electron chi connectivity index (χ3n) is 1.61. The van der Waals surface area contributed by atoms with Crippen molar-refractivity contribution in [1.82, 2.24) is 0 Å². The van der Waals surface area contributed by atoms with Gasteiger partial charge in [-0.2, -0.15) is 0 Å². The van der Waals surface area contributed by atoms with Crippen molar-refractivity contribution < 1.29 is 4.74 Å². The van der Waals surface area contributed by atoms with Crippen LogP contribution in [0.3, 0.4) is 0 Å². The molecule has 1 nitrogen and oxygen atoms in total. The molecule has 0 amide bonds. The fraction of sp³-hybridized carbons (Fsp3) is 1.00. The fourth-order valence-corrected chi connectivity index (χ4v) is 1.29. The van der Waals surface area contributed by atoms with E-state index < -0.39 is 0 Å². The van der Waals surface area contributed by atoms with Crippen molar-refractivity contribution in [3.05, 3.63) is 0 Å². The van der Waals surface area contributed by atoms with E-state index in [2.05, 4.69) is 13.8 Å². The zero-order chi connectivity index (χ0) is 5.98. The van der Waals surface area contributed by atoms with Gasteiger partial charge in [-0.15, -0.1) is 0 Å².